The molecule has 2 fully saturated rings. The number of dihydropyridines is 1. The maximum Gasteiger partial charge on any atom is 0.410 e. The minimum absolute atomic E-state index is 0.0228. The molecule has 0 saturated carbocycles. The van der Waals surface area contributed by atoms with Gasteiger partial charge in [0.05, 0.1) is 60.9 Å². The first-order valence-corrected chi connectivity index (χ1v) is 28.6. The van der Waals surface area contributed by atoms with Crippen molar-refractivity contribution in [2.24, 2.45) is 28.7 Å². The van der Waals surface area contributed by atoms with Gasteiger partial charge >= 0.3 is 6.09 Å². The summed E-state index contributed by atoms with van der Waals surface area (Å²) in [4.78, 5) is 82.5. The number of nitrogens with zero attached hydrogens (tertiary/aromatic N) is 5. The molecule has 0 aliphatic carbocycles. The first-order valence-electron chi connectivity index (χ1n) is 26.3. The zero-order valence-corrected chi connectivity index (χ0v) is 48.8. The molecule has 2 N–H and O–H groups in total. The first kappa shape index (κ1) is 62.6. The van der Waals surface area contributed by atoms with Crippen LogP contribution < -0.4 is 10.6 Å². The molecule has 0 bridgehead atoms. The molecule has 12 unspecified atom stereocenters. The number of epoxide rings is 1. The average molecular weight is 1070 g/mol. The molecule has 5 amide bonds. The number of ether oxygens (including phenoxy) is 5. The lowest BCUT2D eigenvalue weighted by molar-refractivity contribution is -0.148. The van der Waals surface area contributed by atoms with E-state index in [0.717, 1.165) is 16.2 Å². The van der Waals surface area contributed by atoms with E-state index < -0.39 is 78.7 Å². The number of nitrogens with one attached hydrogen (secondary N) is 2. The standard InChI is InChI=1S/C55H89N7O10S2/c1-18-36(7)46(60(14)51(66)44(33(2)3)58-50(65)45(34(4)5)61(15)52-53(71-52)72-55(10,11)12)41(68-16)31-43(63)62-28-22-25-40(62)47(69-17)37(8)49(64)57-38(9)48(39-23-20-19-21-24-39)70-54(67)59(13)29-30-73-74-42-27-26-35(6)32-56-42/h19-21,23-24,26-27,33-34,36-38,40-41,44-48,52-53H,6,18,22,25,28-32H2,1-5,7-17H3,(H,57,64)(H,58,65). The molecule has 19 heteroatoms. The summed E-state index contributed by atoms with van der Waals surface area (Å²) in [5, 5.41) is 7.12. The normalized spacial score (nSPS) is 21.5. The van der Waals surface area contributed by atoms with Crippen LogP contribution in [0.15, 0.2) is 59.6 Å². The second-order valence-corrected chi connectivity index (χ2v) is 24.2. The van der Waals surface area contributed by atoms with E-state index in [1.54, 1.807) is 66.6 Å². The molecule has 1 aromatic rings. The van der Waals surface area contributed by atoms with Gasteiger partial charge in [0.25, 0.3) is 0 Å². The van der Waals surface area contributed by atoms with Gasteiger partial charge in [-0.15, -0.1) is 0 Å². The summed E-state index contributed by atoms with van der Waals surface area (Å²) in [7, 11) is 11.5. The molecule has 416 valence electrons. The summed E-state index contributed by atoms with van der Waals surface area (Å²) in [5.41, 5.74) is 1.28. The number of amides is 5. The number of hydrogen-bond acceptors (Lipinski definition) is 14. The molecule has 0 aromatic heterocycles. The Kier molecular flexibility index (Phi) is 24.5. The van der Waals surface area contributed by atoms with Gasteiger partial charge < -0.3 is 49.0 Å². The Hall–Kier alpha value is -3.98. The fourth-order valence-corrected chi connectivity index (χ4v) is 11.8. The Bertz CT molecular complexity index is 2090. The first-order chi connectivity index (χ1) is 34.8. The summed E-state index contributed by atoms with van der Waals surface area (Å²) in [6.45, 7) is 26.7. The van der Waals surface area contributed by atoms with Gasteiger partial charge in [-0.1, -0.05) is 109 Å². The number of methoxy groups -OCH3 is 2. The molecule has 4 rings (SSSR count). The van der Waals surface area contributed by atoms with Crippen molar-refractivity contribution >= 4 is 56.4 Å². The number of carbonyl (C=O) groups excluding carboxylic acids is 5. The third-order valence-corrected chi connectivity index (χ3v) is 16.4. The van der Waals surface area contributed by atoms with Crippen LogP contribution in [0.2, 0.25) is 0 Å². The number of hydrogen-bond donors (Lipinski definition) is 2. The van der Waals surface area contributed by atoms with Gasteiger partial charge in [0.1, 0.15) is 17.2 Å². The summed E-state index contributed by atoms with van der Waals surface area (Å²) in [6, 6.07) is 6.31. The van der Waals surface area contributed by atoms with Crippen LogP contribution in [0, 0.1) is 23.7 Å². The molecule has 3 heterocycles. The molecule has 3 aliphatic heterocycles. The Labute approximate surface area is 450 Å². The van der Waals surface area contributed by atoms with Gasteiger partial charge in [0, 0.05) is 47.2 Å². The third kappa shape index (κ3) is 17.5. The van der Waals surface area contributed by atoms with E-state index in [1.165, 1.54) is 4.90 Å². The molecular formula is C55H89N7O10S2. The van der Waals surface area contributed by atoms with E-state index in [4.69, 9.17) is 23.7 Å². The fraction of sp³-hybridized carbons (Fsp3) is 0.709. The summed E-state index contributed by atoms with van der Waals surface area (Å²) < 4.78 is 30.2. The van der Waals surface area contributed by atoms with E-state index in [9.17, 15) is 24.0 Å². The largest absolute Gasteiger partial charge is 0.439 e. The minimum Gasteiger partial charge on any atom is -0.439 e. The molecule has 1 aromatic carbocycles. The van der Waals surface area contributed by atoms with Gasteiger partial charge in [-0.2, -0.15) is 0 Å². The second kappa shape index (κ2) is 29.0. The van der Waals surface area contributed by atoms with E-state index in [0.29, 0.717) is 44.6 Å². The van der Waals surface area contributed by atoms with Gasteiger partial charge in [0.2, 0.25) is 23.6 Å². The molecule has 74 heavy (non-hydrogen) atoms. The highest BCUT2D eigenvalue weighted by Crippen LogP contribution is 2.34. The topological polar surface area (TPSA) is 184 Å². The van der Waals surface area contributed by atoms with E-state index >= 15 is 0 Å². The average Bonchev–Trinajstić information content (AvgIpc) is 3.93. The number of rotatable bonds is 27. The Morgan fingerprint density at radius 3 is 2.18 bits per heavy atom. The molecule has 17 nitrogen and oxygen atoms in total. The molecule has 2 saturated heterocycles. The maximum absolute atomic E-state index is 14.7. The smallest absolute Gasteiger partial charge is 0.410 e. The van der Waals surface area contributed by atoms with Crippen LogP contribution in [0.25, 0.3) is 0 Å². The zero-order valence-electron chi connectivity index (χ0n) is 47.1. The number of aliphatic imine (C=N–C) groups is 1. The Balaban J connectivity index is 1.43. The fourth-order valence-electron chi connectivity index (χ4n) is 9.84. The summed E-state index contributed by atoms with van der Waals surface area (Å²) >= 11 is 0. The van der Waals surface area contributed by atoms with Crippen molar-refractivity contribution in [1.29, 1.82) is 0 Å². The molecule has 0 spiro atoms. The lowest BCUT2D eigenvalue weighted by atomic mass is 9.89. The highest BCUT2D eigenvalue weighted by Gasteiger charge is 2.50. The molecular weight excluding hydrogens is 983 g/mol. The number of benzene rings is 1. The second-order valence-electron chi connectivity index (χ2n) is 21.8. The Morgan fingerprint density at radius 2 is 1.61 bits per heavy atom. The SMILES string of the molecule is C=C1C=CC(SSCCN(C)C(=O)OC(c2ccccc2)C(C)NC(=O)C(C)C(OC)C2CCCN2C(=O)CC(OC)C(C(C)CC)N(C)C(=O)C(NC(=O)C(C(C)C)N(C)C2OC2OC(C)(C)C)C(C)C)=NC1. The van der Waals surface area contributed by atoms with Crippen molar-refractivity contribution in [3.8, 4) is 0 Å². The molecule has 12 atom stereocenters. The summed E-state index contributed by atoms with van der Waals surface area (Å²) in [5.74, 6) is -1.54. The number of likely N-dealkylation sites (N-methyl/N-ethyl adjacent to an activating group) is 2. The highest BCUT2D eigenvalue weighted by molar-refractivity contribution is 8.82. The summed E-state index contributed by atoms with van der Waals surface area (Å²) in [6.07, 6.45) is 2.39. The van der Waals surface area contributed by atoms with Crippen molar-refractivity contribution in [3.63, 3.8) is 0 Å². The lowest BCUT2D eigenvalue weighted by Gasteiger charge is -2.41. The van der Waals surface area contributed by atoms with Crippen LogP contribution in [0.5, 0.6) is 0 Å². The van der Waals surface area contributed by atoms with Gasteiger partial charge in [-0.25, -0.2) is 4.79 Å². The van der Waals surface area contributed by atoms with Crippen LogP contribution in [0.1, 0.15) is 114 Å². The zero-order chi connectivity index (χ0) is 55.2. The third-order valence-electron chi connectivity index (χ3n) is 14.2. The van der Waals surface area contributed by atoms with Crippen molar-refractivity contribution < 1.29 is 47.7 Å². The highest BCUT2D eigenvalue weighted by atomic mass is 33.1. The maximum atomic E-state index is 14.7. The van der Waals surface area contributed by atoms with Crippen LogP contribution in [-0.4, -0.2) is 176 Å². The van der Waals surface area contributed by atoms with Crippen molar-refractivity contribution in [2.75, 3.05) is 60.7 Å². The van der Waals surface area contributed by atoms with Gasteiger partial charge in [0.15, 0.2) is 12.5 Å². The van der Waals surface area contributed by atoms with Crippen LogP contribution >= 0.6 is 21.6 Å². The van der Waals surface area contributed by atoms with Crippen LogP contribution in [0.3, 0.4) is 0 Å². The van der Waals surface area contributed by atoms with Crippen molar-refractivity contribution in [1.82, 2.24) is 30.2 Å². The Morgan fingerprint density at radius 1 is 0.932 bits per heavy atom. The number of likely N-dealkylation sites (tertiary alicyclic amines) is 1. The van der Waals surface area contributed by atoms with Crippen LogP contribution in [-0.2, 0) is 42.9 Å². The lowest BCUT2D eigenvalue weighted by Crippen LogP contribution is -2.60. The molecule has 0 radical (unpaired) electrons. The quantitative estimate of drug-likeness (QED) is 0.0497. The van der Waals surface area contributed by atoms with Crippen LogP contribution in [0.4, 0.5) is 4.79 Å². The van der Waals surface area contributed by atoms with E-state index in [1.807, 2.05) is 124 Å². The van der Waals surface area contributed by atoms with Gasteiger partial charge in [-0.3, -0.25) is 29.1 Å². The monoisotopic (exact) mass is 1070 g/mol. The predicted octanol–water partition coefficient (Wildman–Crippen LogP) is 7.72. The molecule has 3 aliphatic rings. The predicted molar refractivity (Wildman–Crippen MR) is 295 cm³/mol. The van der Waals surface area contributed by atoms with Gasteiger partial charge in [-0.05, 0) is 93.3 Å². The number of carbonyl (C=O) groups is 5. The van der Waals surface area contributed by atoms with E-state index in [-0.39, 0.29) is 47.8 Å². The van der Waals surface area contributed by atoms with E-state index in [2.05, 4.69) is 22.2 Å². The van der Waals surface area contributed by atoms with Crippen molar-refractivity contribution in [2.45, 2.75) is 168 Å². The minimum atomic E-state index is -0.860. The van der Waals surface area contributed by atoms with Crippen molar-refractivity contribution in [3.05, 3.63) is 60.2 Å².